The molecule has 7 atom stereocenters. The molecule has 0 aromatic heterocycles. The molecular formula is C23H30O7. The Kier molecular flexibility index (Phi) is 4.86. The number of rotatable bonds is 4. The first-order valence-corrected chi connectivity index (χ1v) is 10.9. The van der Waals surface area contributed by atoms with E-state index in [2.05, 4.69) is 6.92 Å². The molecule has 3 N–H and O–H groups in total. The monoisotopic (exact) mass is 418 g/mol. The molecule has 3 saturated carbocycles. The van der Waals surface area contributed by atoms with Crippen molar-refractivity contribution in [3.8, 4) is 0 Å². The lowest BCUT2D eigenvalue weighted by Crippen LogP contribution is -2.62. The first-order chi connectivity index (χ1) is 13.9. The van der Waals surface area contributed by atoms with Crippen LogP contribution in [0.4, 0.5) is 0 Å². The highest BCUT2D eigenvalue weighted by Crippen LogP contribution is 2.66. The Balaban J connectivity index is 1.68. The van der Waals surface area contributed by atoms with Crippen molar-refractivity contribution in [1.29, 1.82) is 0 Å². The molecule has 7 heteroatoms. The summed E-state index contributed by atoms with van der Waals surface area (Å²) in [7, 11) is 0. The largest absolute Gasteiger partial charge is 0.481 e. The number of aliphatic hydroxyl groups is 2. The summed E-state index contributed by atoms with van der Waals surface area (Å²) >= 11 is 0. The fourth-order valence-electron chi connectivity index (χ4n) is 7.33. The molecule has 0 aromatic carbocycles. The van der Waals surface area contributed by atoms with Gasteiger partial charge in [-0.05, 0) is 55.4 Å². The molecule has 0 bridgehead atoms. The lowest BCUT2D eigenvalue weighted by molar-refractivity contribution is -0.175. The van der Waals surface area contributed by atoms with Crippen LogP contribution in [-0.4, -0.2) is 50.3 Å². The summed E-state index contributed by atoms with van der Waals surface area (Å²) in [6.07, 6.45) is 2.41. The molecule has 30 heavy (non-hydrogen) atoms. The molecule has 0 aliphatic heterocycles. The third-order valence-corrected chi connectivity index (χ3v) is 8.88. The number of hydrogen-bond donors (Lipinski definition) is 3. The fraction of sp³-hybridized carbons (Fsp3) is 0.739. The summed E-state index contributed by atoms with van der Waals surface area (Å²) < 4.78 is 0. The molecule has 3 fully saturated rings. The van der Waals surface area contributed by atoms with Gasteiger partial charge in [-0.2, -0.15) is 0 Å². The van der Waals surface area contributed by atoms with Crippen molar-refractivity contribution in [3.63, 3.8) is 0 Å². The van der Waals surface area contributed by atoms with E-state index in [4.69, 9.17) is 5.11 Å². The van der Waals surface area contributed by atoms with Crippen molar-refractivity contribution in [2.45, 2.75) is 76.9 Å². The number of Topliss-reactive ketones (excluding diaryl/α,β-unsaturated/α-hetero) is 2. The minimum Gasteiger partial charge on any atom is -0.481 e. The van der Waals surface area contributed by atoms with Gasteiger partial charge in [-0.25, -0.2) is 0 Å². The van der Waals surface area contributed by atoms with Crippen LogP contribution in [0, 0.1) is 28.6 Å². The van der Waals surface area contributed by atoms with E-state index in [0.29, 0.717) is 19.3 Å². The maximum absolute atomic E-state index is 13.5. The van der Waals surface area contributed by atoms with Crippen molar-refractivity contribution >= 4 is 23.3 Å². The minimum atomic E-state index is -1.91. The maximum Gasteiger partial charge on any atom is 0.306 e. The SMILES string of the molecule is C[C@]12CCC(=O)C=C1CC[C@@H]1[C@@H]2C(=O)C[C@@]2(C)[C@H]1CC[C@]2(O)C(=O)C(O)CC(=O)O. The highest BCUT2D eigenvalue weighted by atomic mass is 16.4. The van der Waals surface area contributed by atoms with Crippen molar-refractivity contribution in [2.75, 3.05) is 0 Å². The number of carboxylic acids is 1. The summed E-state index contributed by atoms with van der Waals surface area (Å²) in [5.41, 5.74) is -2.24. The number of ketones is 3. The second-order valence-corrected chi connectivity index (χ2v) is 10.3. The van der Waals surface area contributed by atoms with E-state index in [1.165, 1.54) is 0 Å². The number of carbonyl (C=O) groups excluding carboxylic acids is 3. The van der Waals surface area contributed by atoms with Gasteiger partial charge in [0, 0.05) is 24.2 Å². The molecular weight excluding hydrogens is 388 g/mol. The third kappa shape index (κ3) is 2.78. The van der Waals surface area contributed by atoms with Gasteiger partial charge in [0.1, 0.15) is 17.5 Å². The van der Waals surface area contributed by atoms with Crippen molar-refractivity contribution in [3.05, 3.63) is 11.6 Å². The maximum atomic E-state index is 13.5. The van der Waals surface area contributed by atoms with Gasteiger partial charge in [0.25, 0.3) is 0 Å². The standard InChI is InChI=1S/C23H30O7/c1-21-7-5-13(24)9-12(21)3-4-14-15-6-8-23(30,20(29)16(25)10-18(27)28)22(15,2)11-17(26)19(14)21/h9,14-16,19,25,30H,3-8,10-11H2,1-2H3,(H,27,28)/t14-,15-,16?,19+,21-,22-,23-/m0/s1. The van der Waals surface area contributed by atoms with Crippen LogP contribution in [0.5, 0.6) is 0 Å². The smallest absolute Gasteiger partial charge is 0.306 e. The van der Waals surface area contributed by atoms with Crippen molar-refractivity contribution in [1.82, 2.24) is 0 Å². The van der Waals surface area contributed by atoms with Gasteiger partial charge >= 0.3 is 5.97 Å². The second kappa shape index (κ2) is 6.82. The van der Waals surface area contributed by atoms with E-state index in [-0.39, 0.29) is 47.6 Å². The summed E-state index contributed by atoms with van der Waals surface area (Å²) in [5, 5.41) is 30.5. The van der Waals surface area contributed by atoms with Crippen LogP contribution in [0.15, 0.2) is 11.6 Å². The molecule has 0 saturated heterocycles. The Bertz CT molecular complexity index is 860. The van der Waals surface area contributed by atoms with Crippen molar-refractivity contribution in [2.24, 2.45) is 28.6 Å². The van der Waals surface area contributed by atoms with Gasteiger partial charge in [-0.1, -0.05) is 19.4 Å². The Morgan fingerprint density at radius 2 is 1.87 bits per heavy atom. The van der Waals surface area contributed by atoms with Crippen LogP contribution in [-0.2, 0) is 19.2 Å². The zero-order valence-corrected chi connectivity index (χ0v) is 17.5. The summed E-state index contributed by atoms with van der Waals surface area (Å²) in [6, 6.07) is 0. The molecule has 164 valence electrons. The second-order valence-electron chi connectivity index (χ2n) is 10.3. The number of allylic oxidation sites excluding steroid dienone is 1. The minimum absolute atomic E-state index is 0.00190. The van der Waals surface area contributed by atoms with E-state index in [1.54, 1.807) is 13.0 Å². The van der Waals surface area contributed by atoms with Gasteiger partial charge in [0.2, 0.25) is 0 Å². The number of aliphatic carboxylic acids is 1. The Morgan fingerprint density at radius 3 is 2.53 bits per heavy atom. The van der Waals surface area contributed by atoms with Gasteiger partial charge < -0.3 is 15.3 Å². The van der Waals surface area contributed by atoms with Gasteiger partial charge in [-0.15, -0.1) is 0 Å². The van der Waals surface area contributed by atoms with Crippen LogP contribution in [0.25, 0.3) is 0 Å². The third-order valence-electron chi connectivity index (χ3n) is 8.88. The van der Waals surface area contributed by atoms with Crippen molar-refractivity contribution < 1.29 is 34.5 Å². The lowest BCUT2D eigenvalue weighted by Gasteiger charge is -2.57. The average molecular weight is 418 g/mol. The summed E-state index contributed by atoms with van der Waals surface area (Å²) in [5.74, 6) is -2.38. The van der Waals surface area contributed by atoms with E-state index >= 15 is 0 Å². The predicted molar refractivity (Wildman–Crippen MR) is 105 cm³/mol. The van der Waals surface area contributed by atoms with E-state index < -0.39 is 35.3 Å². The predicted octanol–water partition coefficient (Wildman–Crippen LogP) is 1.83. The number of carbonyl (C=O) groups is 4. The van der Waals surface area contributed by atoms with E-state index in [0.717, 1.165) is 18.4 Å². The van der Waals surface area contributed by atoms with E-state index in [1.807, 2.05) is 0 Å². The zero-order chi connectivity index (χ0) is 22.1. The topological polar surface area (TPSA) is 129 Å². The van der Waals surface area contributed by atoms with Gasteiger partial charge in [0.15, 0.2) is 11.6 Å². The van der Waals surface area contributed by atoms with E-state index in [9.17, 15) is 29.4 Å². The van der Waals surface area contributed by atoms with Crippen LogP contribution >= 0.6 is 0 Å². The van der Waals surface area contributed by atoms with Crippen LogP contribution in [0.3, 0.4) is 0 Å². The highest BCUT2D eigenvalue weighted by Gasteiger charge is 2.69. The zero-order valence-electron chi connectivity index (χ0n) is 17.5. The Hall–Kier alpha value is -1.86. The number of aliphatic hydroxyl groups excluding tert-OH is 1. The quantitative estimate of drug-likeness (QED) is 0.635. The Morgan fingerprint density at radius 1 is 1.17 bits per heavy atom. The lowest BCUT2D eigenvalue weighted by atomic mass is 9.45. The molecule has 4 aliphatic rings. The molecule has 0 spiro atoms. The number of carboxylic acid groups (broad SMARTS) is 1. The van der Waals surface area contributed by atoms with Gasteiger partial charge in [-0.3, -0.25) is 19.2 Å². The Labute approximate surface area is 175 Å². The molecule has 7 nitrogen and oxygen atoms in total. The molecule has 0 radical (unpaired) electrons. The molecule has 4 rings (SSSR count). The van der Waals surface area contributed by atoms with Crippen LogP contribution in [0.1, 0.15) is 65.2 Å². The highest BCUT2D eigenvalue weighted by molar-refractivity contribution is 5.96. The molecule has 1 unspecified atom stereocenters. The van der Waals surface area contributed by atoms with Crippen LogP contribution < -0.4 is 0 Å². The van der Waals surface area contributed by atoms with Gasteiger partial charge in [0.05, 0.1) is 6.42 Å². The normalized spacial score (nSPS) is 43.9. The molecule has 4 aliphatic carbocycles. The van der Waals surface area contributed by atoms with Crippen LogP contribution in [0.2, 0.25) is 0 Å². The first kappa shape index (κ1) is 21.4. The fourth-order valence-corrected chi connectivity index (χ4v) is 7.33. The summed E-state index contributed by atoms with van der Waals surface area (Å²) in [4.78, 5) is 49.3. The first-order valence-electron chi connectivity index (χ1n) is 10.9. The molecule has 0 aromatic rings. The molecule has 0 amide bonds. The number of hydrogen-bond acceptors (Lipinski definition) is 6. The molecule has 0 heterocycles. The summed E-state index contributed by atoms with van der Waals surface area (Å²) in [6.45, 7) is 3.83. The average Bonchev–Trinajstić information content (AvgIpc) is 2.92. The number of fused-ring (bicyclic) bond motifs is 5.